The molecular formula is C27H28N2S2+2. The van der Waals surface area contributed by atoms with E-state index in [-0.39, 0.29) is 9.49 Å². The highest BCUT2D eigenvalue weighted by atomic mass is 32.2. The maximum absolute atomic E-state index is 2.52. The van der Waals surface area contributed by atoms with Gasteiger partial charge in [-0.1, -0.05) is 0 Å². The first-order valence-electron chi connectivity index (χ1n) is 11.1. The molecule has 2 atom stereocenters. The maximum Gasteiger partial charge on any atom is 0.169 e. The topological polar surface area (TPSA) is 7.76 Å². The van der Waals surface area contributed by atoms with Gasteiger partial charge in [0.25, 0.3) is 0 Å². The Morgan fingerprint density at radius 3 is 1.45 bits per heavy atom. The maximum atomic E-state index is 2.52. The fourth-order valence-corrected chi connectivity index (χ4v) is 8.74. The molecule has 1 saturated carbocycles. The van der Waals surface area contributed by atoms with Crippen LogP contribution in [0.3, 0.4) is 0 Å². The van der Waals surface area contributed by atoms with Crippen molar-refractivity contribution in [1.29, 1.82) is 0 Å². The van der Waals surface area contributed by atoms with Crippen LogP contribution in [-0.4, -0.2) is 9.49 Å². The van der Waals surface area contributed by atoms with E-state index in [9.17, 15) is 0 Å². The van der Waals surface area contributed by atoms with Gasteiger partial charge in [-0.15, -0.1) is 23.5 Å². The van der Waals surface area contributed by atoms with E-state index in [0.29, 0.717) is 0 Å². The first kappa shape index (κ1) is 19.6. The molecule has 0 aromatic carbocycles. The Morgan fingerprint density at radius 1 is 0.677 bits per heavy atom. The molecule has 4 aliphatic rings. The zero-order valence-electron chi connectivity index (χ0n) is 18.6. The van der Waals surface area contributed by atoms with Crippen LogP contribution in [0, 0.1) is 0 Å². The molecule has 2 aromatic rings. The summed E-state index contributed by atoms with van der Waals surface area (Å²) in [6.45, 7) is 4.99. The summed E-state index contributed by atoms with van der Waals surface area (Å²) in [5, 5.41) is 0. The molecule has 6 rings (SSSR count). The molecule has 31 heavy (non-hydrogen) atoms. The minimum atomic E-state index is 0.0429. The van der Waals surface area contributed by atoms with Crippen molar-refractivity contribution in [3.8, 4) is 0 Å². The fourth-order valence-electron chi connectivity index (χ4n) is 5.56. The molecule has 2 aliphatic carbocycles. The number of pyridine rings is 2. The van der Waals surface area contributed by atoms with Crippen LogP contribution in [0.1, 0.15) is 44.2 Å². The van der Waals surface area contributed by atoms with Crippen molar-refractivity contribution in [1.82, 2.24) is 0 Å². The van der Waals surface area contributed by atoms with Crippen molar-refractivity contribution in [2.75, 3.05) is 0 Å². The summed E-state index contributed by atoms with van der Waals surface area (Å²) in [6, 6.07) is 9.03. The standard InChI is InChI=1S/C27H28N2S2/c1-26-22(16-24(30-26)18-8-12-28(3)13-9-18)20-6-5-7-21(20)23-17-25(31-27(23,26)2)19-10-14-29(4)15-11-19/h8-17H,5-7H2,1-4H3/q+2. The molecule has 2 nitrogen and oxygen atoms in total. The quantitative estimate of drug-likeness (QED) is 0.564. The predicted octanol–water partition coefficient (Wildman–Crippen LogP) is 5.52. The van der Waals surface area contributed by atoms with Gasteiger partial charge in [-0.3, -0.25) is 0 Å². The molecule has 4 heteroatoms. The van der Waals surface area contributed by atoms with E-state index in [2.05, 4.69) is 122 Å². The van der Waals surface area contributed by atoms with Gasteiger partial charge in [0.05, 0.1) is 9.49 Å². The summed E-state index contributed by atoms with van der Waals surface area (Å²) in [7, 11) is 4.17. The number of fused-ring (bicyclic) bond motifs is 4. The van der Waals surface area contributed by atoms with Crippen LogP contribution < -0.4 is 9.13 Å². The van der Waals surface area contributed by atoms with Gasteiger partial charge in [0.2, 0.25) is 0 Å². The number of hydrogen-bond donors (Lipinski definition) is 0. The molecular weight excluding hydrogens is 416 g/mol. The summed E-state index contributed by atoms with van der Waals surface area (Å²) in [6.07, 6.45) is 17.4. The number of nitrogens with zero attached hydrogens (tertiary/aromatic N) is 2. The number of thioether (sulfide) groups is 2. The second-order valence-corrected chi connectivity index (χ2v) is 12.4. The zero-order chi connectivity index (χ0) is 21.4. The van der Waals surface area contributed by atoms with Crippen LogP contribution in [0.5, 0.6) is 0 Å². The largest absolute Gasteiger partial charge is 0.208 e. The molecule has 1 fully saturated rings. The van der Waals surface area contributed by atoms with Gasteiger partial charge in [0.1, 0.15) is 14.1 Å². The molecule has 2 aromatic heterocycles. The Balaban J connectivity index is 1.48. The SMILES string of the molecule is C[n+]1ccc(C2=CC3=C4CCCC4=C4C=C(c5cc[n+](C)cc5)SC4(C)C3(C)S2)cc1. The van der Waals surface area contributed by atoms with Crippen LogP contribution in [0.15, 0.2) is 83.5 Å². The highest BCUT2D eigenvalue weighted by Crippen LogP contribution is 2.70. The lowest BCUT2D eigenvalue weighted by molar-refractivity contribution is -0.671. The van der Waals surface area contributed by atoms with Gasteiger partial charge in [-0.25, -0.2) is 9.13 Å². The van der Waals surface area contributed by atoms with Crippen molar-refractivity contribution in [3.63, 3.8) is 0 Å². The summed E-state index contributed by atoms with van der Waals surface area (Å²) in [5.74, 6) is 0. The van der Waals surface area contributed by atoms with Crippen molar-refractivity contribution in [3.05, 3.63) is 94.6 Å². The van der Waals surface area contributed by atoms with E-state index < -0.39 is 0 Å². The van der Waals surface area contributed by atoms with Crippen molar-refractivity contribution in [2.24, 2.45) is 14.1 Å². The third-order valence-electron chi connectivity index (χ3n) is 7.51. The number of rotatable bonds is 2. The molecule has 2 unspecified atom stereocenters. The van der Waals surface area contributed by atoms with E-state index >= 15 is 0 Å². The van der Waals surface area contributed by atoms with Gasteiger partial charge in [0.15, 0.2) is 24.8 Å². The molecule has 156 valence electrons. The second-order valence-electron chi connectivity index (χ2n) is 9.43. The first-order valence-corrected chi connectivity index (χ1v) is 12.7. The van der Waals surface area contributed by atoms with E-state index in [1.807, 2.05) is 0 Å². The van der Waals surface area contributed by atoms with Crippen molar-refractivity contribution >= 4 is 33.3 Å². The van der Waals surface area contributed by atoms with Gasteiger partial charge >= 0.3 is 0 Å². The van der Waals surface area contributed by atoms with Crippen LogP contribution in [0.4, 0.5) is 0 Å². The number of hydrogen-bond acceptors (Lipinski definition) is 2. The average molecular weight is 445 g/mol. The van der Waals surface area contributed by atoms with Crippen LogP contribution >= 0.6 is 23.5 Å². The summed E-state index contributed by atoms with van der Waals surface area (Å²) in [5.41, 5.74) is 9.11. The van der Waals surface area contributed by atoms with Crippen molar-refractivity contribution < 1.29 is 9.13 Å². The zero-order valence-corrected chi connectivity index (χ0v) is 20.2. The monoisotopic (exact) mass is 444 g/mol. The molecule has 0 spiro atoms. The summed E-state index contributed by atoms with van der Waals surface area (Å²) in [4.78, 5) is 2.83. The Morgan fingerprint density at radius 2 is 1.06 bits per heavy atom. The third-order valence-corrected chi connectivity index (χ3v) is 10.9. The summed E-state index contributed by atoms with van der Waals surface area (Å²) < 4.78 is 4.31. The van der Waals surface area contributed by atoms with E-state index in [4.69, 9.17) is 0 Å². The molecule has 4 heterocycles. The number of aryl methyl sites for hydroxylation is 2. The molecule has 0 bridgehead atoms. The normalized spacial score (nSPS) is 29.0. The first-order chi connectivity index (χ1) is 14.9. The molecule has 0 saturated heterocycles. The highest BCUT2D eigenvalue weighted by Gasteiger charge is 2.59. The highest BCUT2D eigenvalue weighted by molar-refractivity contribution is 8.14. The molecule has 0 radical (unpaired) electrons. The van der Waals surface area contributed by atoms with Gasteiger partial charge < -0.3 is 0 Å². The van der Waals surface area contributed by atoms with Gasteiger partial charge in [0, 0.05) is 34.1 Å². The minimum Gasteiger partial charge on any atom is -0.208 e. The second kappa shape index (κ2) is 6.73. The Labute approximate surface area is 193 Å². The van der Waals surface area contributed by atoms with Crippen LogP contribution in [0.2, 0.25) is 0 Å². The lowest BCUT2D eigenvalue weighted by atomic mass is 9.72. The number of aromatic nitrogens is 2. The number of allylic oxidation sites excluding steroid dienone is 4. The van der Waals surface area contributed by atoms with Crippen LogP contribution in [-0.2, 0) is 14.1 Å². The van der Waals surface area contributed by atoms with E-state index in [1.54, 1.807) is 22.3 Å². The van der Waals surface area contributed by atoms with Crippen molar-refractivity contribution in [2.45, 2.75) is 42.6 Å². The van der Waals surface area contributed by atoms with Gasteiger partial charge in [-0.05, 0) is 78.7 Å². The van der Waals surface area contributed by atoms with E-state index in [1.165, 1.54) is 40.2 Å². The lowest BCUT2D eigenvalue weighted by Gasteiger charge is -2.47. The predicted molar refractivity (Wildman–Crippen MR) is 131 cm³/mol. The Bertz CT molecular complexity index is 1130. The third kappa shape index (κ3) is 2.74. The van der Waals surface area contributed by atoms with Crippen LogP contribution in [0.25, 0.3) is 9.81 Å². The summed E-state index contributed by atoms with van der Waals surface area (Å²) >= 11 is 4.16. The lowest BCUT2D eigenvalue weighted by Crippen LogP contribution is -2.47. The Kier molecular flexibility index (Phi) is 4.26. The molecule has 2 aliphatic heterocycles. The fraction of sp³-hybridized carbons (Fsp3) is 0.333. The molecule has 0 amide bonds. The average Bonchev–Trinajstić information content (AvgIpc) is 3.45. The molecule has 0 N–H and O–H groups in total. The van der Waals surface area contributed by atoms with Gasteiger partial charge in [-0.2, -0.15) is 0 Å². The Hall–Kier alpha value is -2.04. The smallest absolute Gasteiger partial charge is 0.169 e. The van der Waals surface area contributed by atoms with E-state index in [0.717, 1.165) is 0 Å². The minimum absolute atomic E-state index is 0.0429.